The van der Waals surface area contributed by atoms with E-state index in [2.05, 4.69) is 16.1 Å². The third-order valence-corrected chi connectivity index (χ3v) is 4.36. The van der Waals surface area contributed by atoms with Gasteiger partial charge in [-0.1, -0.05) is 41.9 Å². The van der Waals surface area contributed by atoms with Gasteiger partial charge in [0.15, 0.2) is 0 Å². The minimum absolute atomic E-state index is 0.617. The molecule has 0 saturated carbocycles. The second-order valence-corrected chi connectivity index (χ2v) is 6.59. The van der Waals surface area contributed by atoms with Gasteiger partial charge in [0.25, 0.3) is 0 Å². The van der Waals surface area contributed by atoms with Crippen molar-refractivity contribution in [3.05, 3.63) is 75.8 Å². The number of benzene rings is 2. The van der Waals surface area contributed by atoms with E-state index in [0.717, 1.165) is 28.6 Å². The molecule has 3 aromatic rings. The first-order chi connectivity index (χ1) is 11.5. The van der Waals surface area contributed by atoms with Crippen LogP contribution < -0.4 is 0 Å². The Morgan fingerprint density at radius 2 is 1.88 bits per heavy atom. The van der Waals surface area contributed by atoms with E-state index in [0.29, 0.717) is 11.4 Å². The summed E-state index contributed by atoms with van der Waals surface area (Å²) in [5, 5.41) is 5.35. The van der Waals surface area contributed by atoms with E-state index in [1.54, 1.807) is 0 Å². The van der Waals surface area contributed by atoms with E-state index < -0.39 is 0 Å². The van der Waals surface area contributed by atoms with Gasteiger partial charge in [-0.15, -0.1) is 0 Å². The van der Waals surface area contributed by atoms with E-state index in [4.69, 9.17) is 23.8 Å². The van der Waals surface area contributed by atoms with E-state index in [1.807, 2.05) is 71.8 Å². The van der Waals surface area contributed by atoms with Gasteiger partial charge >= 0.3 is 0 Å². The minimum atomic E-state index is 0.617. The van der Waals surface area contributed by atoms with Crippen LogP contribution in [-0.4, -0.2) is 26.3 Å². The van der Waals surface area contributed by atoms with Crippen LogP contribution in [0, 0.1) is 11.7 Å². The van der Waals surface area contributed by atoms with Gasteiger partial charge in [0.2, 0.25) is 4.77 Å². The predicted molar refractivity (Wildman–Crippen MR) is 100 cm³/mol. The molecule has 1 heterocycles. The number of hydrogen-bond donors (Lipinski definition) is 0. The first-order valence-electron chi connectivity index (χ1n) is 7.69. The zero-order valence-corrected chi connectivity index (χ0v) is 15.3. The zero-order valence-electron chi connectivity index (χ0n) is 13.7. The quantitative estimate of drug-likeness (QED) is 0.630. The number of nitrogens with zero attached hydrogens (tertiary/aromatic N) is 4. The fraction of sp³-hybridized carbons (Fsp3) is 0.222. The molecule has 0 spiro atoms. The van der Waals surface area contributed by atoms with Crippen LogP contribution in [0.25, 0.3) is 5.69 Å². The smallest absolute Gasteiger partial charge is 0.203 e. The molecule has 6 heteroatoms. The number of aryl methyl sites for hydroxylation is 1. The summed E-state index contributed by atoms with van der Waals surface area (Å²) < 4.78 is 4.53. The molecule has 2 aromatic carbocycles. The molecule has 124 valence electrons. The Labute approximate surface area is 151 Å². The van der Waals surface area contributed by atoms with Gasteiger partial charge in [0.1, 0.15) is 5.82 Å². The van der Waals surface area contributed by atoms with Crippen LogP contribution in [0.5, 0.6) is 0 Å². The van der Waals surface area contributed by atoms with Crippen molar-refractivity contribution in [3.63, 3.8) is 0 Å². The molecule has 0 atom stereocenters. The highest BCUT2D eigenvalue weighted by Gasteiger charge is 2.10. The summed E-state index contributed by atoms with van der Waals surface area (Å²) in [6.45, 7) is 3.36. The zero-order chi connectivity index (χ0) is 17.1. The number of aromatic nitrogens is 3. The molecule has 0 fully saturated rings. The highest BCUT2D eigenvalue weighted by molar-refractivity contribution is 7.71. The summed E-state index contributed by atoms with van der Waals surface area (Å²) >= 11 is 11.7. The van der Waals surface area contributed by atoms with Gasteiger partial charge in [-0.2, -0.15) is 5.10 Å². The molecule has 0 aliphatic heterocycles. The molecule has 24 heavy (non-hydrogen) atoms. The number of rotatable bonds is 5. The maximum atomic E-state index is 6.05. The molecule has 3 rings (SSSR count). The number of para-hydroxylation sites is 1. The summed E-state index contributed by atoms with van der Waals surface area (Å²) in [5.74, 6) is 0.877. The molecule has 4 nitrogen and oxygen atoms in total. The van der Waals surface area contributed by atoms with Crippen molar-refractivity contribution in [1.82, 2.24) is 19.2 Å². The Bertz CT molecular complexity index is 886. The summed E-state index contributed by atoms with van der Waals surface area (Å²) in [4.78, 5) is 2.16. The van der Waals surface area contributed by atoms with Gasteiger partial charge in [-0.3, -0.25) is 9.47 Å². The molecule has 0 amide bonds. The lowest BCUT2D eigenvalue weighted by Gasteiger charge is -2.16. The Morgan fingerprint density at radius 3 is 2.58 bits per heavy atom. The first kappa shape index (κ1) is 16.9. The van der Waals surface area contributed by atoms with Crippen LogP contribution in [0.1, 0.15) is 11.4 Å². The van der Waals surface area contributed by atoms with Gasteiger partial charge in [0.05, 0.1) is 6.67 Å². The van der Waals surface area contributed by atoms with Crippen molar-refractivity contribution >= 4 is 23.8 Å². The maximum absolute atomic E-state index is 6.05. The monoisotopic (exact) mass is 358 g/mol. The van der Waals surface area contributed by atoms with Crippen LogP contribution in [0.3, 0.4) is 0 Å². The van der Waals surface area contributed by atoms with Gasteiger partial charge in [0, 0.05) is 17.3 Å². The SMILES string of the molecule is Cc1nn(CN(C)Cc2cccc(Cl)c2)c(=S)n1-c1ccccc1. The fourth-order valence-corrected chi connectivity index (χ4v) is 3.26. The van der Waals surface area contributed by atoms with Crippen molar-refractivity contribution in [3.8, 4) is 5.69 Å². The Kier molecular flexibility index (Phi) is 5.14. The standard InChI is InChI=1S/C18H19ClN4S/c1-14-20-22(18(24)23(14)17-9-4-3-5-10-17)13-21(2)12-15-7-6-8-16(19)11-15/h3-11H,12-13H2,1-2H3. The van der Waals surface area contributed by atoms with Crippen molar-refractivity contribution in [2.75, 3.05) is 7.05 Å². The van der Waals surface area contributed by atoms with Crippen molar-refractivity contribution in [1.29, 1.82) is 0 Å². The van der Waals surface area contributed by atoms with E-state index in [1.165, 1.54) is 0 Å². The normalized spacial score (nSPS) is 11.2. The molecule has 0 saturated heterocycles. The van der Waals surface area contributed by atoms with Crippen molar-refractivity contribution in [2.24, 2.45) is 0 Å². The van der Waals surface area contributed by atoms with Crippen molar-refractivity contribution in [2.45, 2.75) is 20.1 Å². The lowest BCUT2D eigenvalue weighted by molar-refractivity contribution is 0.244. The highest BCUT2D eigenvalue weighted by Crippen LogP contribution is 2.14. The lowest BCUT2D eigenvalue weighted by atomic mass is 10.2. The Hall–Kier alpha value is -1.95. The van der Waals surface area contributed by atoms with Crippen LogP contribution >= 0.6 is 23.8 Å². The summed E-state index contributed by atoms with van der Waals surface area (Å²) in [7, 11) is 2.04. The predicted octanol–water partition coefficient (Wildman–Crippen LogP) is 4.45. The average Bonchev–Trinajstić information content (AvgIpc) is 2.82. The fourth-order valence-electron chi connectivity index (χ4n) is 2.71. The number of hydrogen-bond acceptors (Lipinski definition) is 3. The maximum Gasteiger partial charge on any atom is 0.203 e. The molecular weight excluding hydrogens is 340 g/mol. The van der Waals surface area contributed by atoms with Crippen LogP contribution in [-0.2, 0) is 13.2 Å². The Balaban J connectivity index is 1.80. The van der Waals surface area contributed by atoms with Crippen LogP contribution in [0.2, 0.25) is 5.02 Å². The molecule has 0 aliphatic carbocycles. The third kappa shape index (κ3) is 3.75. The van der Waals surface area contributed by atoms with Crippen LogP contribution in [0.15, 0.2) is 54.6 Å². The first-order valence-corrected chi connectivity index (χ1v) is 8.48. The third-order valence-electron chi connectivity index (χ3n) is 3.73. The van der Waals surface area contributed by atoms with E-state index in [9.17, 15) is 0 Å². The summed E-state index contributed by atoms with van der Waals surface area (Å²) in [6.07, 6.45) is 0. The van der Waals surface area contributed by atoms with Gasteiger partial charge in [-0.05, 0) is 56.0 Å². The second kappa shape index (κ2) is 7.30. The van der Waals surface area contributed by atoms with Gasteiger partial charge < -0.3 is 0 Å². The van der Waals surface area contributed by atoms with E-state index in [-0.39, 0.29) is 0 Å². The van der Waals surface area contributed by atoms with E-state index >= 15 is 0 Å². The second-order valence-electron chi connectivity index (χ2n) is 5.79. The topological polar surface area (TPSA) is 26.0 Å². The Morgan fingerprint density at radius 1 is 1.12 bits per heavy atom. The largest absolute Gasteiger partial charge is 0.283 e. The molecule has 0 aliphatic rings. The molecule has 0 bridgehead atoms. The molecule has 0 unspecified atom stereocenters. The highest BCUT2D eigenvalue weighted by atomic mass is 35.5. The molecule has 0 radical (unpaired) electrons. The summed E-state index contributed by atoms with van der Waals surface area (Å²) in [6, 6.07) is 17.9. The average molecular weight is 359 g/mol. The summed E-state index contributed by atoms with van der Waals surface area (Å²) in [5.41, 5.74) is 2.19. The minimum Gasteiger partial charge on any atom is -0.283 e. The van der Waals surface area contributed by atoms with Crippen molar-refractivity contribution < 1.29 is 0 Å². The molecule has 1 aromatic heterocycles. The lowest BCUT2D eigenvalue weighted by Crippen LogP contribution is -2.22. The number of halogens is 1. The molecular formula is C18H19ClN4S. The van der Waals surface area contributed by atoms with Gasteiger partial charge in [-0.25, -0.2) is 4.68 Å². The van der Waals surface area contributed by atoms with Crippen LogP contribution in [0.4, 0.5) is 0 Å². The molecule has 0 N–H and O–H groups in total.